The van der Waals surface area contributed by atoms with Crippen molar-refractivity contribution in [2.45, 2.75) is 64.4 Å². The number of aliphatic hydroxyl groups excluding tert-OH is 1. The van der Waals surface area contributed by atoms with E-state index in [1.54, 1.807) is 24.3 Å². The van der Waals surface area contributed by atoms with Gasteiger partial charge >= 0.3 is 5.97 Å². The second-order valence-electron chi connectivity index (χ2n) is 6.48. The first-order valence-corrected chi connectivity index (χ1v) is 9.27. The zero-order valence-electron chi connectivity index (χ0n) is 15.5. The number of hydrogen-bond acceptors (Lipinski definition) is 3. The van der Waals surface area contributed by atoms with Crippen LogP contribution in [0.25, 0.3) is 0 Å². The fraction of sp³-hybridized carbons (Fsp3) is 0.500. The fourth-order valence-corrected chi connectivity index (χ4v) is 2.84. The maximum absolute atomic E-state index is 10.2. The quantitative estimate of drug-likeness (QED) is 0.501. The van der Waals surface area contributed by atoms with Gasteiger partial charge in [0.15, 0.2) is 0 Å². The molecule has 4 nitrogen and oxygen atoms in total. The monoisotopic (exact) mass is 358 g/mol. The van der Waals surface area contributed by atoms with E-state index in [-0.39, 0.29) is 18.3 Å². The topological polar surface area (TPSA) is 77.8 Å². The minimum absolute atomic E-state index is 0.0531. The molecule has 0 radical (unpaired) electrons. The Morgan fingerprint density at radius 1 is 1.31 bits per heavy atom. The number of carboxylic acid groups (broad SMARTS) is 1. The van der Waals surface area contributed by atoms with Gasteiger partial charge in [0.1, 0.15) is 5.75 Å². The fourth-order valence-electron chi connectivity index (χ4n) is 2.84. The van der Waals surface area contributed by atoms with Crippen LogP contribution in [0.15, 0.2) is 36.4 Å². The first-order chi connectivity index (χ1) is 12.5. The van der Waals surface area contributed by atoms with Crippen molar-refractivity contribution in [2.24, 2.45) is 5.92 Å². The lowest BCUT2D eigenvalue weighted by atomic mass is 10.1. The molecule has 1 saturated carbocycles. The SMILES string of the molecule is CC#CCCC(O)/C=C/C1CCCC1.O=C(O)CCc1ccccc1O. The third-order valence-corrected chi connectivity index (χ3v) is 4.35. The Kier molecular flexibility index (Phi) is 10.9. The molecule has 1 fully saturated rings. The Balaban J connectivity index is 0.000000263. The summed E-state index contributed by atoms with van der Waals surface area (Å²) in [5.74, 6) is 5.84. The summed E-state index contributed by atoms with van der Waals surface area (Å²) in [5.41, 5.74) is 0.680. The van der Waals surface area contributed by atoms with E-state index in [1.165, 1.54) is 25.7 Å². The van der Waals surface area contributed by atoms with Crippen LogP contribution >= 0.6 is 0 Å². The normalized spacial score (nSPS) is 15.0. The van der Waals surface area contributed by atoms with Gasteiger partial charge in [-0.1, -0.05) is 43.2 Å². The van der Waals surface area contributed by atoms with Crippen LogP contribution in [-0.2, 0) is 11.2 Å². The van der Waals surface area contributed by atoms with Crippen molar-refractivity contribution in [1.82, 2.24) is 0 Å². The van der Waals surface area contributed by atoms with Crippen LogP contribution < -0.4 is 0 Å². The van der Waals surface area contributed by atoms with E-state index in [4.69, 9.17) is 5.11 Å². The standard InChI is InChI=1S/C13H20O.C9H10O3/c1-2-3-4-9-13(14)11-10-12-7-5-6-8-12;10-8-4-2-1-3-7(8)5-6-9(11)12/h10-14H,4-9H2,1H3;1-4,10H,5-6H2,(H,11,12)/b11-10+;. The van der Waals surface area contributed by atoms with Crippen molar-refractivity contribution in [2.75, 3.05) is 0 Å². The van der Waals surface area contributed by atoms with E-state index < -0.39 is 5.97 Å². The number of para-hydroxylation sites is 1. The second kappa shape index (κ2) is 13.0. The Hall–Kier alpha value is -2.25. The smallest absolute Gasteiger partial charge is 0.303 e. The third-order valence-electron chi connectivity index (χ3n) is 4.35. The van der Waals surface area contributed by atoms with Gasteiger partial charge in [0, 0.05) is 12.8 Å². The summed E-state index contributed by atoms with van der Waals surface area (Å²) in [6, 6.07) is 6.76. The van der Waals surface area contributed by atoms with Gasteiger partial charge in [0.05, 0.1) is 6.10 Å². The van der Waals surface area contributed by atoms with Crippen molar-refractivity contribution < 1.29 is 20.1 Å². The molecule has 0 aromatic heterocycles. The molecule has 142 valence electrons. The summed E-state index contributed by atoms with van der Waals surface area (Å²) in [7, 11) is 0. The highest BCUT2D eigenvalue weighted by molar-refractivity contribution is 5.67. The van der Waals surface area contributed by atoms with E-state index in [1.807, 2.05) is 13.0 Å². The Morgan fingerprint density at radius 2 is 2.00 bits per heavy atom. The molecule has 4 heteroatoms. The molecule has 0 aliphatic heterocycles. The first-order valence-electron chi connectivity index (χ1n) is 9.27. The Bertz CT molecular complexity index is 619. The zero-order valence-corrected chi connectivity index (χ0v) is 15.5. The van der Waals surface area contributed by atoms with E-state index in [0.717, 1.165) is 18.8 Å². The molecule has 3 N–H and O–H groups in total. The van der Waals surface area contributed by atoms with E-state index in [2.05, 4.69) is 17.9 Å². The largest absolute Gasteiger partial charge is 0.508 e. The maximum atomic E-state index is 10.2. The molecule has 0 heterocycles. The van der Waals surface area contributed by atoms with Crippen LogP contribution in [-0.4, -0.2) is 27.4 Å². The summed E-state index contributed by atoms with van der Waals surface area (Å²) in [6.07, 6.45) is 11.2. The van der Waals surface area contributed by atoms with Crippen LogP contribution in [0.2, 0.25) is 0 Å². The van der Waals surface area contributed by atoms with Gasteiger partial charge in [-0.2, -0.15) is 0 Å². The molecule has 0 spiro atoms. The zero-order chi connectivity index (χ0) is 19.2. The summed E-state index contributed by atoms with van der Waals surface area (Å²) < 4.78 is 0. The molecule has 26 heavy (non-hydrogen) atoms. The number of carbonyl (C=O) groups is 1. The van der Waals surface area contributed by atoms with Gasteiger partial charge < -0.3 is 15.3 Å². The van der Waals surface area contributed by atoms with Crippen LogP contribution in [0.1, 0.15) is 57.4 Å². The van der Waals surface area contributed by atoms with Crippen LogP contribution in [0.5, 0.6) is 5.75 Å². The molecular formula is C22H30O4. The highest BCUT2D eigenvalue weighted by Gasteiger charge is 2.11. The minimum Gasteiger partial charge on any atom is -0.508 e. The number of aliphatic hydroxyl groups is 1. The van der Waals surface area contributed by atoms with Gasteiger partial charge in [-0.25, -0.2) is 0 Å². The number of carboxylic acids is 1. The average Bonchev–Trinajstić information content (AvgIpc) is 3.13. The highest BCUT2D eigenvalue weighted by Crippen LogP contribution is 2.25. The lowest BCUT2D eigenvalue weighted by molar-refractivity contribution is -0.136. The summed E-state index contributed by atoms with van der Waals surface area (Å²) >= 11 is 0. The van der Waals surface area contributed by atoms with Crippen molar-refractivity contribution in [1.29, 1.82) is 0 Å². The maximum Gasteiger partial charge on any atom is 0.303 e. The number of phenols is 1. The molecular weight excluding hydrogens is 328 g/mol. The second-order valence-corrected chi connectivity index (χ2v) is 6.48. The summed E-state index contributed by atoms with van der Waals surface area (Å²) in [6.45, 7) is 1.83. The number of benzene rings is 1. The number of allylic oxidation sites excluding steroid dienone is 1. The lowest BCUT2D eigenvalue weighted by Gasteiger charge is -2.04. The molecule has 0 saturated heterocycles. The third kappa shape index (κ3) is 9.90. The molecule has 1 unspecified atom stereocenters. The molecule has 1 aromatic rings. The van der Waals surface area contributed by atoms with Gasteiger partial charge in [-0.15, -0.1) is 11.8 Å². The Morgan fingerprint density at radius 3 is 2.62 bits per heavy atom. The van der Waals surface area contributed by atoms with Crippen LogP contribution in [0.4, 0.5) is 0 Å². The number of rotatable bonds is 7. The predicted molar refractivity (Wildman–Crippen MR) is 104 cm³/mol. The molecule has 0 amide bonds. The number of aliphatic carboxylic acids is 1. The minimum atomic E-state index is -0.849. The van der Waals surface area contributed by atoms with Crippen molar-refractivity contribution >= 4 is 5.97 Å². The van der Waals surface area contributed by atoms with Gasteiger partial charge in [0.25, 0.3) is 0 Å². The van der Waals surface area contributed by atoms with Crippen molar-refractivity contribution in [3.05, 3.63) is 42.0 Å². The van der Waals surface area contributed by atoms with Gasteiger partial charge in [0.2, 0.25) is 0 Å². The summed E-state index contributed by atoms with van der Waals surface area (Å²) in [4.78, 5) is 10.2. The lowest BCUT2D eigenvalue weighted by Crippen LogP contribution is -2.02. The molecule has 1 aliphatic carbocycles. The number of aryl methyl sites for hydroxylation is 1. The predicted octanol–water partition coefficient (Wildman–Crippen LogP) is 4.31. The average molecular weight is 358 g/mol. The van der Waals surface area contributed by atoms with Crippen LogP contribution in [0, 0.1) is 17.8 Å². The molecule has 1 aliphatic rings. The number of hydrogen-bond donors (Lipinski definition) is 3. The van der Waals surface area contributed by atoms with Gasteiger partial charge in [-0.3, -0.25) is 4.79 Å². The number of phenolic OH excluding ortho intramolecular Hbond substituents is 1. The molecule has 1 aromatic carbocycles. The highest BCUT2D eigenvalue weighted by atomic mass is 16.4. The van der Waals surface area contributed by atoms with Crippen LogP contribution in [0.3, 0.4) is 0 Å². The van der Waals surface area contributed by atoms with Gasteiger partial charge in [-0.05, 0) is 50.2 Å². The first kappa shape index (κ1) is 21.8. The molecule has 0 bridgehead atoms. The van der Waals surface area contributed by atoms with Crippen molar-refractivity contribution in [3.8, 4) is 17.6 Å². The summed E-state index contributed by atoms with van der Waals surface area (Å²) in [5, 5.41) is 27.2. The van der Waals surface area contributed by atoms with E-state index in [9.17, 15) is 15.0 Å². The Labute approximate surface area is 156 Å². The molecule has 1 atom stereocenters. The van der Waals surface area contributed by atoms with Crippen molar-refractivity contribution in [3.63, 3.8) is 0 Å². The molecule has 2 rings (SSSR count). The number of aromatic hydroxyl groups is 1. The van der Waals surface area contributed by atoms with E-state index in [0.29, 0.717) is 12.0 Å². The van der Waals surface area contributed by atoms with E-state index >= 15 is 0 Å².